The van der Waals surface area contributed by atoms with Crippen molar-refractivity contribution in [2.75, 3.05) is 5.75 Å². The Hall–Kier alpha value is 0.230. The molecule has 50 valence electrons. The van der Waals surface area contributed by atoms with Gasteiger partial charge in [-0.25, -0.2) is 0 Å². The SMILES string of the molecule is N[C@@H](CCS)C(O)O. The zero-order valence-corrected chi connectivity index (χ0v) is 5.38. The standard InChI is InChI=1S/C4H11NO2S/c5-3(1-2-8)4(6)7/h3-4,6-8H,1-2,5H2/t3-/m0/s1. The zero-order valence-electron chi connectivity index (χ0n) is 4.49. The number of hydrogen-bond donors (Lipinski definition) is 4. The van der Waals surface area contributed by atoms with E-state index in [-0.39, 0.29) is 0 Å². The second-order valence-corrected chi connectivity index (χ2v) is 2.04. The Bertz CT molecular complexity index is 60.0. The highest BCUT2D eigenvalue weighted by atomic mass is 32.1. The average Bonchev–Trinajstić information content (AvgIpc) is 1.67. The molecule has 4 N–H and O–H groups in total. The van der Waals surface area contributed by atoms with E-state index in [0.29, 0.717) is 12.2 Å². The third kappa shape index (κ3) is 3.26. The molecule has 0 bridgehead atoms. The molecule has 3 nitrogen and oxygen atoms in total. The van der Waals surface area contributed by atoms with Crippen LogP contribution in [0.25, 0.3) is 0 Å². The third-order valence-corrected chi connectivity index (χ3v) is 1.10. The maximum absolute atomic E-state index is 8.35. The normalized spacial score (nSPS) is 14.6. The van der Waals surface area contributed by atoms with Crippen molar-refractivity contribution in [3.63, 3.8) is 0 Å². The smallest absolute Gasteiger partial charge is 0.166 e. The first-order valence-corrected chi connectivity index (χ1v) is 3.04. The summed E-state index contributed by atoms with van der Waals surface area (Å²) >= 11 is 3.85. The van der Waals surface area contributed by atoms with Crippen molar-refractivity contribution in [2.24, 2.45) is 5.73 Å². The molecular weight excluding hydrogens is 126 g/mol. The van der Waals surface area contributed by atoms with E-state index in [1.54, 1.807) is 0 Å². The molecular formula is C4H11NO2S. The average molecular weight is 137 g/mol. The highest BCUT2D eigenvalue weighted by Crippen LogP contribution is 1.93. The molecule has 0 aliphatic rings. The Labute approximate surface area is 53.9 Å². The van der Waals surface area contributed by atoms with Crippen molar-refractivity contribution in [3.8, 4) is 0 Å². The van der Waals surface area contributed by atoms with Crippen LogP contribution in [0.5, 0.6) is 0 Å². The molecule has 0 aromatic heterocycles. The maximum Gasteiger partial charge on any atom is 0.166 e. The van der Waals surface area contributed by atoms with Gasteiger partial charge in [-0.2, -0.15) is 12.6 Å². The van der Waals surface area contributed by atoms with Crippen molar-refractivity contribution in [1.29, 1.82) is 0 Å². The molecule has 0 spiro atoms. The van der Waals surface area contributed by atoms with Crippen LogP contribution in [0.15, 0.2) is 0 Å². The molecule has 0 aromatic rings. The molecule has 0 saturated heterocycles. The first-order valence-electron chi connectivity index (χ1n) is 2.41. The molecule has 0 fully saturated rings. The monoisotopic (exact) mass is 137 g/mol. The quantitative estimate of drug-likeness (QED) is 0.296. The fourth-order valence-corrected chi connectivity index (χ4v) is 0.596. The first kappa shape index (κ1) is 8.23. The van der Waals surface area contributed by atoms with Crippen LogP contribution in [0, 0.1) is 0 Å². The summed E-state index contributed by atoms with van der Waals surface area (Å²) < 4.78 is 0. The molecule has 8 heavy (non-hydrogen) atoms. The summed E-state index contributed by atoms with van der Waals surface area (Å²) in [6.45, 7) is 0. The maximum atomic E-state index is 8.35. The summed E-state index contributed by atoms with van der Waals surface area (Å²) in [4.78, 5) is 0. The van der Waals surface area contributed by atoms with Gasteiger partial charge in [-0.3, -0.25) is 0 Å². The molecule has 0 amide bonds. The van der Waals surface area contributed by atoms with Gasteiger partial charge < -0.3 is 15.9 Å². The van der Waals surface area contributed by atoms with Gasteiger partial charge >= 0.3 is 0 Å². The molecule has 0 heterocycles. The fourth-order valence-electron chi connectivity index (χ4n) is 0.298. The van der Waals surface area contributed by atoms with Crippen LogP contribution in [0.4, 0.5) is 0 Å². The van der Waals surface area contributed by atoms with E-state index in [1.807, 2.05) is 0 Å². The highest BCUT2D eigenvalue weighted by molar-refractivity contribution is 7.80. The summed E-state index contributed by atoms with van der Waals surface area (Å²) in [5, 5.41) is 16.7. The lowest BCUT2D eigenvalue weighted by atomic mass is 10.2. The molecule has 0 saturated carbocycles. The second-order valence-electron chi connectivity index (χ2n) is 1.59. The topological polar surface area (TPSA) is 66.5 Å². The predicted molar refractivity (Wildman–Crippen MR) is 34.7 cm³/mol. The molecule has 1 atom stereocenters. The van der Waals surface area contributed by atoms with Crippen LogP contribution in [0.2, 0.25) is 0 Å². The van der Waals surface area contributed by atoms with E-state index in [4.69, 9.17) is 15.9 Å². The summed E-state index contributed by atoms with van der Waals surface area (Å²) in [5.74, 6) is 0.582. The first-order chi connectivity index (χ1) is 3.68. The van der Waals surface area contributed by atoms with E-state index in [2.05, 4.69) is 12.6 Å². The van der Waals surface area contributed by atoms with Crippen LogP contribution in [-0.2, 0) is 0 Å². The summed E-state index contributed by atoms with van der Waals surface area (Å²) in [6.07, 6.45) is -0.872. The predicted octanol–water partition coefficient (Wildman–Crippen LogP) is -1.06. The Morgan fingerprint density at radius 2 is 2.00 bits per heavy atom. The van der Waals surface area contributed by atoms with Crippen LogP contribution in [0.3, 0.4) is 0 Å². The van der Waals surface area contributed by atoms with Gasteiger partial charge in [0, 0.05) is 0 Å². The number of thiol groups is 1. The van der Waals surface area contributed by atoms with Crippen molar-refractivity contribution >= 4 is 12.6 Å². The Morgan fingerprint density at radius 3 is 2.12 bits per heavy atom. The van der Waals surface area contributed by atoms with Gasteiger partial charge in [0.15, 0.2) is 6.29 Å². The number of aliphatic hydroxyl groups excluding tert-OH is 1. The Balaban J connectivity index is 3.17. The van der Waals surface area contributed by atoms with Crippen LogP contribution in [-0.4, -0.2) is 28.3 Å². The van der Waals surface area contributed by atoms with Crippen molar-refractivity contribution < 1.29 is 10.2 Å². The number of aliphatic hydroxyl groups is 2. The minimum Gasteiger partial charge on any atom is -0.367 e. The summed E-state index contributed by atoms with van der Waals surface area (Å²) in [5.41, 5.74) is 5.18. The Kier molecular flexibility index (Phi) is 4.26. The molecule has 0 aliphatic carbocycles. The lowest BCUT2D eigenvalue weighted by Gasteiger charge is -2.10. The van der Waals surface area contributed by atoms with Gasteiger partial charge in [0.2, 0.25) is 0 Å². The lowest BCUT2D eigenvalue weighted by Crippen LogP contribution is -2.34. The molecule has 0 rings (SSSR count). The number of nitrogens with two attached hydrogens (primary N) is 1. The zero-order chi connectivity index (χ0) is 6.57. The van der Waals surface area contributed by atoms with Crippen molar-refractivity contribution in [1.82, 2.24) is 0 Å². The Morgan fingerprint density at radius 1 is 1.50 bits per heavy atom. The van der Waals surface area contributed by atoms with Crippen molar-refractivity contribution in [3.05, 3.63) is 0 Å². The second kappa shape index (κ2) is 4.14. The largest absolute Gasteiger partial charge is 0.367 e. The summed E-state index contributed by atoms with van der Waals surface area (Å²) in [7, 11) is 0. The third-order valence-electron chi connectivity index (χ3n) is 0.845. The van der Waals surface area contributed by atoms with Gasteiger partial charge in [0.25, 0.3) is 0 Å². The minimum atomic E-state index is -1.40. The van der Waals surface area contributed by atoms with Crippen molar-refractivity contribution in [2.45, 2.75) is 18.8 Å². The molecule has 0 unspecified atom stereocenters. The minimum absolute atomic E-state index is 0.529. The van der Waals surface area contributed by atoms with E-state index in [9.17, 15) is 0 Å². The highest BCUT2D eigenvalue weighted by Gasteiger charge is 2.07. The molecule has 0 radical (unpaired) electrons. The van der Waals surface area contributed by atoms with E-state index >= 15 is 0 Å². The van der Waals surface area contributed by atoms with E-state index in [1.165, 1.54) is 0 Å². The molecule has 4 heteroatoms. The van der Waals surface area contributed by atoms with E-state index < -0.39 is 12.3 Å². The van der Waals surface area contributed by atoms with Gasteiger partial charge in [-0.1, -0.05) is 0 Å². The summed E-state index contributed by atoms with van der Waals surface area (Å²) in [6, 6.07) is -0.549. The van der Waals surface area contributed by atoms with Gasteiger partial charge in [-0.05, 0) is 12.2 Å². The lowest BCUT2D eigenvalue weighted by molar-refractivity contribution is -0.0583. The van der Waals surface area contributed by atoms with E-state index in [0.717, 1.165) is 0 Å². The number of hydrogen-bond acceptors (Lipinski definition) is 4. The van der Waals surface area contributed by atoms with Crippen LogP contribution in [0.1, 0.15) is 6.42 Å². The van der Waals surface area contributed by atoms with Crippen LogP contribution >= 0.6 is 12.6 Å². The van der Waals surface area contributed by atoms with Gasteiger partial charge in [0.05, 0.1) is 6.04 Å². The molecule has 0 aromatic carbocycles. The molecule has 0 aliphatic heterocycles. The fraction of sp³-hybridized carbons (Fsp3) is 1.00. The van der Waals surface area contributed by atoms with Gasteiger partial charge in [-0.15, -0.1) is 0 Å². The van der Waals surface area contributed by atoms with Crippen LogP contribution < -0.4 is 5.73 Å². The van der Waals surface area contributed by atoms with Gasteiger partial charge in [0.1, 0.15) is 0 Å². The number of rotatable bonds is 3.